The molecule has 1 aromatic rings. The molecule has 0 saturated heterocycles. The second-order valence-electron chi connectivity index (χ2n) is 5.44. The summed E-state index contributed by atoms with van der Waals surface area (Å²) in [5.74, 6) is -0.820. The molecule has 0 unspecified atom stereocenters. The second-order valence-corrected chi connectivity index (χ2v) is 5.44. The molecule has 0 fully saturated rings. The molecule has 7 heteroatoms. The van der Waals surface area contributed by atoms with E-state index < -0.39 is 23.9 Å². The lowest BCUT2D eigenvalue weighted by Crippen LogP contribution is -2.42. The maximum Gasteiger partial charge on any atom is 0.328 e. The highest BCUT2D eigenvalue weighted by Gasteiger charge is 2.27. The van der Waals surface area contributed by atoms with Gasteiger partial charge in [0, 0.05) is 26.0 Å². The van der Waals surface area contributed by atoms with E-state index in [1.165, 1.54) is 20.2 Å². The van der Waals surface area contributed by atoms with Crippen LogP contribution in [0.3, 0.4) is 0 Å². The van der Waals surface area contributed by atoms with E-state index >= 15 is 0 Å². The molecule has 1 N–H and O–H groups in total. The number of carbonyl (C=O) groups is 3. The van der Waals surface area contributed by atoms with Crippen molar-refractivity contribution in [3.63, 3.8) is 0 Å². The van der Waals surface area contributed by atoms with Crippen LogP contribution >= 0.6 is 0 Å². The highest BCUT2D eigenvalue weighted by atomic mass is 16.5. The standard InChI is InChI=1S/C17H20N2O5/c1-11(20)24-15-8-5-6-12(15)10-14(17(22)23-2)19-16(21)13-7-3-4-9-18-13/h3-4,7,9,14H,5-6,8,10H2,1-2H3,(H,19,21)/t14-/m1/s1. The van der Waals surface area contributed by atoms with E-state index in [9.17, 15) is 14.4 Å². The lowest BCUT2D eigenvalue weighted by Gasteiger charge is -2.17. The molecule has 0 bridgehead atoms. The van der Waals surface area contributed by atoms with Gasteiger partial charge in [-0.2, -0.15) is 0 Å². The molecule has 0 aliphatic heterocycles. The Bertz CT molecular complexity index is 654. The number of nitrogens with one attached hydrogen (secondary N) is 1. The Morgan fingerprint density at radius 2 is 2.08 bits per heavy atom. The molecule has 7 nitrogen and oxygen atoms in total. The predicted molar refractivity (Wildman–Crippen MR) is 84.8 cm³/mol. The number of hydrogen-bond donors (Lipinski definition) is 1. The van der Waals surface area contributed by atoms with Crippen molar-refractivity contribution in [2.75, 3.05) is 7.11 Å². The van der Waals surface area contributed by atoms with Gasteiger partial charge >= 0.3 is 11.9 Å². The van der Waals surface area contributed by atoms with Gasteiger partial charge in [0.2, 0.25) is 0 Å². The van der Waals surface area contributed by atoms with E-state index in [0.29, 0.717) is 12.2 Å². The lowest BCUT2D eigenvalue weighted by molar-refractivity contribution is -0.142. The summed E-state index contributed by atoms with van der Waals surface area (Å²) in [7, 11) is 1.26. The van der Waals surface area contributed by atoms with E-state index in [0.717, 1.165) is 18.4 Å². The van der Waals surface area contributed by atoms with E-state index in [4.69, 9.17) is 9.47 Å². The third-order valence-electron chi connectivity index (χ3n) is 3.68. The summed E-state index contributed by atoms with van der Waals surface area (Å²) in [5, 5.41) is 2.63. The number of ether oxygens (including phenoxy) is 2. The molecule has 0 saturated carbocycles. The molecule has 128 valence electrons. The number of carbonyl (C=O) groups excluding carboxylic acids is 3. The molecule has 2 rings (SSSR count). The van der Waals surface area contributed by atoms with Crippen LogP contribution in [-0.2, 0) is 19.1 Å². The highest BCUT2D eigenvalue weighted by molar-refractivity contribution is 5.95. The number of methoxy groups -OCH3 is 1. The van der Waals surface area contributed by atoms with Crippen LogP contribution in [0.25, 0.3) is 0 Å². The van der Waals surface area contributed by atoms with Gasteiger partial charge in [-0.05, 0) is 30.5 Å². The van der Waals surface area contributed by atoms with Crippen molar-refractivity contribution in [1.29, 1.82) is 0 Å². The number of pyridine rings is 1. The fraction of sp³-hybridized carbons (Fsp3) is 0.412. The van der Waals surface area contributed by atoms with Gasteiger partial charge < -0.3 is 14.8 Å². The Balaban J connectivity index is 2.13. The maximum atomic E-state index is 12.2. The van der Waals surface area contributed by atoms with Crippen LogP contribution in [0, 0.1) is 0 Å². The first-order chi connectivity index (χ1) is 11.5. The quantitative estimate of drug-likeness (QED) is 0.798. The molecule has 1 aliphatic rings. The van der Waals surface area contributed by atoms with Crippen molar-refractivity contribution in [3.8, 4) is 0 Å². The van der Waals surface area contributed by atoms with Gasteiger partial charge in [0.1, 0.15) is 17.5 Å². The SMILES string of the molecule is COC(=O)[C@@H](CC1=C(OC(C)=O)CCC1)NC(=O)c1ccccn1. The predicted octanol–water partition coefficient (Wildman–Crippen LogP) is 1.74. The number of esters is 2. The minimum atomic E-state index is -0.858. The molecule has 1 aliphatic carbocycles. The maximum absolute atomic E-state index is 12.2. The number of rotatable bonds is 6. The summed E-state index contributed by atoms with van der Waals surface area (Å²) < 4.78 is 9.96. The third-order valence-corrected chi connectivity index (χ3v) is 3.68. The van der Waals surface area contributed by atoms with Gasteiger partial charge in [-0.25, -0.2) is 4.79 Å². The first kappa shape index (κ1) is 17.7. The smallest absolute Gasteiger partial charge is 0.328 e. The zero-order valence-corrected chi connectivity index (χ0v) is 13.7. The van der Waals surface area contributed by atoms with Crippen molar-refractivity contribution < 1.29 is 23.9 Å². The van der Waals surface area contributed by atoms with Crippen LogP contribution in [0.4, 0.5) is 0 Å². The number of hydrogen-bond acceptors (Lipinski definition) is 6. The monoisotopic (exact) mass is 332 g/mol. The Morgan fingerprint density at radius 3 is 2.71 bits per heavy atom. The van der Waals surface area contributed by atoms with Crippen LogP contribution < -0.4 is 5.32 Å². The minimum absolute atomic E-state index is 0.215. The Kier molecular flexibility index (Phi) is 6.06. The van der Waals surface area contributed by atoms with E-state index in [-0.39, 0.29) is 12.1 Å². The fourth-order valence-corrected chi connectivity index (χ4v) is 2.60. The lowest BCUT2D eigenvalue weighted by atomic mass is 10.0. The van der Waals surface area contributed by atoms with Gasteiger partial charge in [0.05, 0.1) is 7.11 Å². The summed E-state index contributed by atoms with van der Waals surface area (Å²) in [6.45, 7) is 1.34. The highest BCUT2D eigenvalue weighted by Crippen LogP contribution is 2.30. The summed E-state index contributed by atoms with van der Waals surface area (Å²) >= 11 is 0. The van der Waals surface area contributed by atoms with Crippen LogP contribution in [0.2, 0.25) is 0 Å². The van der Waals surface area contributed by atoms with Crippen molar-refractivity contribution in [2.45, 2.75) is 38.6 Å². The summed E-state index contributed by atoms with van der Waals surface area (Å²) in [6, 6.07) is 4.09. The molecule has 1 atom stereocenters. The molecule has 0 spiro atoms. The molecule has 1 heterocycles. The van der Waals surface area contributed by atoms with Crippen LogP contribution in [0.5, 0.6) is 0 Å². The van der Waals surface area contributed by atoms with Crippen LogP contribution in [0.15, 0.2) is 35.7 Å². The number of nitrogens with zero attached hydrogens (tertiary/aromatic N) is 1. The van der Waals surface area contributed by atoms with E-state index in [2.05, 4.69) is 10.3 Å². The van der Waals surface area contributed by atoms with Crippen LogP contribution in [0.1, 0.15) is 43.1 Å². The summed E-state index contributed by atoms with van der Waals surface area (Å²) in [4.78, 5) is 39.3. The normalized spacial score (nSPS) is 14.9. The van der Waals surface area contributed by atoms with Crippen molar-refractivity contribution >= 4 is 17.8 Å². The van der Waals surface area contributed by atoms with Crippen molar-refractivity contribution in [2.24, 2.45) is 0 Å². The van der Waals surface area contributed by atoms with Gasteiger partial charge in [0.25, 0.3) is 5.91 Å². The Labute approximate surface area is 140 Å². The number of aromatic nitrogens is 1. The van der Waals surface area contributed by atoms with Crippen molar-refractivity contribution in [1.82, 2.24) is 10.3 Å². The third kappa shape index (κ3) is 4.65. The van der Waals surface area contributed by atoms with E-state index in [1.54, 1.807) is 18.2 Å². The molecular formula is C17H20N2O5. The number of allylic oxidation sites excluding steroid dienone is 1. The average molecular weight is 332 g/mol. The number of amides is 1. The van der Waals surface area contributed by atoms with Crippen LogP contribution in [-0.4, -0.2) is 36.0 Å². The zero-order chi connectivity index (χ0) is 17.5. The molecule has 0 radical (unpaired) electrons. The largest absolute Gasteiger partial charge is 0.467 e. The second kappa shape index (κ2) is 8.24. The van der Waals surface area contributed by atoms with Gasteiger partial charge in [-0.15, -0.1) is 0 Å². The molecule has 1 amide bonds. The minimum Gasteiger partial charge on any atom is -0.467 e. The molecule has 1 aromatic heterocycles. The average Bonchev–Trinajstić information content (AvgIpc) is 3.00. The molecule has 24 heavy (non-hydrogen) atoms. The van der Waals surface area contributed by atoms with E-state index in [1.807, 2.05) is 0 Å². The first-order valence-electron chi connectivity index (χ1n) is 7.70. The zero-order valence-electron chi connectivity index (χ0n) is 13.7. The van der Waals surface area contributed by atoms with Gasteiger partial charge in [-0.1, -0.05) is 6.07 Å². The first-order valence-corrected chi connectivity index (χ1v) is 7.70. The topological polar surface area (TPSA) is 94.6 Å². The fourth-order valence-electron chi connectivity index (χ4n) is 2.60. The van der Waals surface area contributed by atoms with Gasteiger partial charge in [0.15, 0.2) is 0 Å². The molecular weight excluding hydrogens is 312 g/mol. The Hall–Kier alpha value is -2.70. The summed E-state index contributed by atoms with van der Waals surface area (Å²) in [5.41, 5.74) is 1.06. The Morgan fingerprint density at radius 1 is 1.29 bits per heavy atom. The molecule has 0 aromatic carbocycles. The van der Waals surface area contributed by atoms with Gasteiger partial charge in [-0.3, -0.25) is 14.6 Å². The summed E-state index contributed by atoms with van der Waals surface area (Å²) in [6.07, 6.45) is 3.96. The van der Waals surface area contributed by atoms with Crippen molar-refractivity contribution in [3.05, 3.63) is 41.4 Å².